The molecule has 2 heterocycles. The molecular formula is C14H25N3O2S2. The molecule has 0 aromatic carbocycles. The summed E-state index contributed by atoms with van der Waals surface area (Å²) in [5.74, 6) is 0.420. The van der Waals surface area contributed by atoms with Crippen LogP contribution < -0.4 is 10.0 Å². The van der Waals surface area contributed by atoms with Crippen LogP contribution in [0.4, 0.5) is 0 Å². The van der Waals surface area contributed by atoms with Gasteiger partial charge >= 0.3 is 0 Å². The molecule has 1 aromatic rings. The molecule has 1 unspecified atom stereocenters. The second-order valence-electron chi connectivity index (χ2n) is 5.48. The highest BCUT2D eigenvalue weighted by molar-refractivity contribution is 7.87. The van der Waals surface area contributed by atoms with E-state index in [-0.39, 0.29) is 0 Å². The Morgan fingerprint density at radius 1 is 1.48 bits per heavy atom. The Bertz CT molecular complexity index is 502. The maximum atomic E-state index is 12.4. The van der Waals surface area contributed by atoms with Crippen molar-refractivity contribution in [2.75, 3.05) is 26.2 Å². The van der Waals surface area contributed by atoms with Crippen LogP contribution in [0.2, 0.25) is 0 Å². The van der Waals surface area contributed by atoms with E-state index in [1.54, 1.807) is 15.6 Å². The summed E-state index contributed by atoms with van der Waals surface area (Å²) in [5, 5.41) is 5.35. The zero-order chi connectivity index (χ0) is 15.1. The minimum atomic E-state index is -3.36. The summed E-state index contributed by atoms with van der Waals surface area (Å²) in [6.07, 6.45) is 3.16. The zero-order valence-corrected chi connectivity index (χ0v) is 14.2. The molecule has 1 aliphatic rings. The molecule has 0 aliphatic carbocycles. The highest BCUT2D eigenvalue weighted by Crippen LogP contribution is 2.18. The summed E-state index contributed by atoms with van der Waals surface area (Å²) in [4.78, 5) is 1.04. The van der Waals surface area contributed by atoms with Gasteiger partial charge in [0.2, 0.25) is 0 Å². The third kappa shape index (κ3) is 5.34. The molecule has 2 rings (SSSR count). The summed E-state index contributed by atoms with van der Waals surface area (Å²) < 4.78 is 29.0. The summed E-state index contributed by atoms with van der Waals surface area (Å²) in [7, 11) is -3.36. The molecule has 0 amide bonds. The number of hydrogen-bond acceptors (Lipinski definition) is 4. The van der Waals surface area contributed by atoms with Gasteiger partial charge in [0.1, 0.15) is 0 Å². The molecule has 2 N–H and O–H groups in total. The van der Waals surface area contributed by atoms with Crippen LogP contribution in [-0.2, 0) is 16.8 Å². The molecule has 1 aliphatic heterocycles. The fraction of sp³-hybridized carbons (Fsp3) is 0.714. The molecule has 0 saturated carbocycles. The van der Waals surface area contributed by atoms with Crippen molar-refractivity contribution in [1.29, 1.82) is 0 Å². The predicted octanol–water partition coefficient (Wildman–Crippen LogP) is 1.79. The van der Waals surface area contributed by atoms with E-state index in [0.29, 0.717) is 25.6 Å². The van der Waals surface area contributed by atoms with Crippen molar-refractivity contribution in [1.82, 2.24) is 14.3 Å². The van der Waals surface area contributed by atoms with Crippen LogP contribution in [0.5, 0.6) is 0 Å². The Labute approximate surface area is 131 Å². The third-order valence-electron chi connectivity index (χ3n) is 3.69. The van der Waals surface area contributed by atoms with Crippen LogP contribution in [0.3, 0.4) is 0 Å². The molecule has 7 heteroatoms. The number of piperidine rings is 1. The maximum absolute atomic E-state index is 12.4. The van der Waals surface area contributed by atoms with Crippen molar-refractivity contribution in [3.63, 3.8) is 0 Å². The van der Waals surface area contributed by atoms with Gasteiger partial charge in [-0.05, 0) is 49.7 Å². The van der Waals surface area contributed by atoms with Gasteiger partial charge in [0.15, 0.2) is 0 Å². The molecule has 0 bridgehead atoms. The standard InChI is InChI=1S/C14H25N3O2S2/c1-2-7-15-10-13-5-3-8-17(12-13)21(18,19)16-11-14-6-4-9-20-14/h4,6,9,13,15-16H,2-3,5,7-8,10-12H2,1H3. The van der Waals surface area contributed by atoms with Gasteiger partial charge in [0.25, 0.3) is 10.2 Å². The zero-order valence-electron chi connectivity index (χ0n) is 12.5. The number of rotatable bonds is 8. The molecule has 5 nitrogen and oxygen atoms in total. The van der Waals surface area contributed by atoms with Crippen molar-refractivity contribution in [2.24, 2.45) is 5.92 Å². The Morgan fingerprint density at radius 2 is 2.33 bits per heavy atom. The van der Waals surface area contributed by atoms with Gasteiger partial charge in [0.05, 0.1) is 0 Å². The van der Waals surface area contributed by atoms with E-state index in [1.807, 2.05) is 17.5 Å². The quantitative estimate of drug-likeness (QED) is 0.714. The average Bonchev–Trinajstić information content (AvgIpc) is 2.99. The molecule has 1 atom stereocenters. The van der Waals surface area contributed by atoms with Crippen LogP contribution in [-0.4, -0.2) is 38.9 Å². The van der Waals surface area contributed by atoms with Gasteiger partial charge in [-0.3, -0.25) is 0 Å². The molecule has 1 aromatic heterocycles. The number of nitrogens with one attached hydrogen (secondary N) is 2. The fourth-order valence-corrected chi connectivity index (χ4v) is 4.59. The Kier molecular flexibility index (Phi) is 6.63. The van der Waals surface area contributed by atoms with Crippen molar-refractivity contribution < 1.29 is 8.42 Å². The Balaban J connectivity index is 1.83. The molecular weight excluding hydrogens is 306 g/mol. The first-order valence-electron chi connectivity index (χ1n) is 7.59. The van der Waals surface area contributed by atoms with Crippen molar-refractivity contribution in [2.45, 2.75) is 32.7 Å². The van der Waals surface area contributed by atoms with Crippen LogP contribution >= 0.6 is 11.3 Å². The first kappa shape index (κ1) is 16.9. The summed E-state index contributed by atoms with van der Waals surface area (Å²) in [6, 6.07) is 3.88. The Morgan fingerprint density at radius 3 is 3.05 bits per heavy atom. The molecule has 120 valence electrons. The largest absolute Gasteiger partial charge is 0.316 e. The van der Waals surface area contributed by atoms with Gasteiger partial charge in [-0.1, -0.05) is 13.0 Å². The van der Waals surface area contributed by atoms with Crippen molar-refractivity contribution in [3.05, 3.63) is 22.4 Å². The minimum Gasteiger partial charge on any atom is -0.316 e. The third-order valence-corrected chi connectivity index (χ3v) is 6.09. The summed E-state index contributed by atoms with van der Waals surface area (Å²) >= 11 is 1.57. The van der Waals surface area contributed by atoms with Crippen LogP contribution in [0.25, 0.3) is 0 Å². The van der Waals surface area contributed by atoms with Gasteiger partial charge in [-0.2, -0.15) is 17.4 Å². The van der Waals surface area contributed by atoms with Gasteiger partial charge < -0.3 is 5.32 Å². The van der Waals surface area contributed by atoms with E-state index >= 15 is 0 Å². The summed E-state index contributed by atoms with van der Waals surface area (Å²) in [5.41, 5.74) is 0. The van der Waals surface area contributed by atoms with E-state index in [4.69, 9.17) is 0 Å². The Hall–Kier alpha value is -0.470. The second kappa shape index (κ2) is 8.24. The van der Waals surface area contributed by atoms with Crippen molar-refractivity contribution in [3.8, 4) is 0 Å². The average molecular weight is 332 g/mol. The molecule has 1 saturated heterocycles. The first-order chi connectivity index (χ1) is 10.1. The minimum absolute atomic E-state index is 0.384. The molecule has 0 spiro atoms. The van der Waals surface area contributed by atoms with Crippen molar-refractivity contribution >= 4 is 21.5 Å². The van der Waals surface area contributed by atoms with E-state index in [1.165, 1.54) is 0 Å². The van der Waals surface area contributed by atoms with Crippen LogP contribution in [0, 0.1) is 5.92 Å². The van der Waals surface area contributed by atoms with E-state index < -0.39 is 10.2 Å². The molecule has 0 radical (unpaired) electrons. The smallest absolute Gasteiger partial charge is 0.279 e. The normalized spacial score (nSPS) is 20.7. The highest BCUT2D eigenvalue weighted by Gasteiger charge is 2.28. The second-order valence-corrected chi connectivity index (χ2v) is 8.26. The lowest BCUT2D eigenvalue weighted by Crippen LogP contribution is -2.47. The lowest BCUT2D eigenvalue weighted by molar-refractivity contribution is 0.258. The lowest BCUT2D eigenvalue weighted by atomic mass is 10.00. The van der Waals surface area contributed by atoms with E-state index in [9.17, 15) is 8.42 Å². The lowest BCUT2D eigenvalue weighted by Gasteiger charge is -2.32. The highest BCUT2D eigenvalue weighted by atomic mass is 32.2. The topological polar surface area (TPSA) is 61.4 Å². The van der Waals surface area contributed by atoms with Crippen LogP contribution in [0.1, 0.15) is 31.1 Å². The van der Waals surface area contributed by atoms with Crippen LogP contribution in [0.15, 0.2) is 17.5 Å². The summed E-state index contributed by atoms with van der Waals surface area (Å²) in [6.45, 7) is 5.68. The number of thiophene rings is 1. The van der Waals surface area contributed by atoms with Gasteiger partial charge in [-0.25, -0.2) is 0 Å². The molecule has 21 heavy (non-hydrogen) atoms. The fourth-order valence-electron chi connectivity index (χ4n) is 2.56. The van der Waals surface area contributed by atoms with Gasteiger partial charge in [-0.15, -0.1) is 11.3 Å². The monoisotopic (exact) mass is 331 g/mol. The van der Waals surface area contributed by atoms with E-state index in [0.717, 1.165) is 37.2 Å². The predicted molar refractivity (Wildman–Crippen MR) is 87.5 cm³/mol. The van der Waals surface area contributed by atoms with E-state index in [2.05, 4.69) is 17.0 Å². The first-order valence-corrected chi connectivity index (χ1v) is 9.91. The van der Waals surface area contributed by atoms with Gasteiger partial charge in [0, 0.05) is 24.5 Å². The number of hydrogen-bond donors (Lipinski definition) is 2. The maximum Gasteiger partial charge on any atom is 0.279 e. The SMILES string of the molecule is CCCNCC1CCCN(S(=O)(=O)NCc2cccs2)C1. The molecule has 1 fully saturated rings. The number of nitrogens with zero attached hydrogens (tertiary/aromatic N) is 1.